The van der Waals surface area contributed by atoms with Crippen LogP contribution in [0.25, 0.3) is 0 Å². The number of hydrogen-bond acceptors (Lipinski definition) is 5. The van der Waals surface area contributed by atoms with Crippen LogP contribution in [0, 0.1) is 0 Å². The molecule has 1 aliphatic carbocycles. The van der Waals surface area contributed by atoms with Crippen molar-refractivity contribution in [1.29, 1.82) is 0 Å². The smallest absolute Gasteiger partial charge is 0.286 e. The molecule has 8 heteroatoms. The SMILES string of the molecule is NC(N)=NC(=O)COc1ccc2c(c1)CC(NC[C@H](O)COc1ccccc1)CCC2. The molecule has 2 atom stereocenters. The van der Waals surface area contributed by atoms with E-state index in [1.807, 2.05) is 48.5 Å². The zero-order valence-corrected chi connectivity index (χ0v) is 17.5. The van der Waals surface area contributed by atoms with Crippen molar-refractivity contribution in [3.8, 4) is 11.5 Å². The average Bonchev–Trinajstić information content (AvgIpc) is 2.96. The van der Waals surface area contributed by atoms with Gasteiger partial charge in [-0.2, -0.15) is 4.99 Å². The number of nitrogens with two attached hydrogens (primary N) is 2. The summed E-state index contributed by atoms with van der Waals surface area (Å²) in [5, 5.41) is 13.7. The van der Waals surface area contributed by atoms with Gasteiger partial charge in [0.05, 0.1) is 0 Å². The van der Waals surface area contributed by atoms with Crippen molar-refractivity contribution in [2.24, 2.45) is 16.5 Å². The van der Waals surface area contributed by atoms with Crippen molar-refractivity contribution in [2.45, 2.75) is 37.8 Å². The Balaban J connectivity index is 1.50. The van der Waals surface area contributed by atoms with Gasteiger partial charge in [0, 0.05) is 12.6 Å². The van der Waals surface area contributed by atoms with Gasteiger partial charge in [-0.1, -0.05) is 24.3 Å². The van der Waals surface area contributed by atoms with Crippen LogP contribution >= 0.6 is 0 Å². The summed E-state index contributed by atoms with van der Waals surface area (Å²) in [6, 6.07) is 15.6. The minimum atomic E-state index is -0.598. The number of aliphatic imine (C=N–C) groups is 1. The molecule has 0 saturated heterocycles. The van der Waals surface area contributed by atoms with E-state index in [1.165, 1.54) is 11.1 Å². The molecule has 0 spiro atoms. The summed E-state index contributed by atoms with van der Waals surface area (Å²) in [6.07, 6.45) is 3.28. The molecule has 1 unspecified atom stereocenters. The maximum Gasteiger partial charge on any atom is 0.286 e. The first kappa shape index (κ1) is 22.6. The molecule has 3 rings (SSSR count). The molecule has 0 fully saturated rings. The van der Waals surface area contributed by atoms with Crippen molar-refractivity contribution in [3.05, 3.63) is 59.7 Å². The molecule has 1 amide bonds. The van der Waals surface area contributed by atoms with Crippen LogP contribution in [-0.4, -0.2) is 48.9 Å². The number of fused-ring (bicyclic) bond motifs is 1. The third-order valence-corrected chi connectivity index (χ3v) is 5.09. The molecule has 0 radical (unpaired) electrons. The first-order valence-electron chi connectivity index (χ1n) is 10.5. The highest BCUT2D eigenvalue weighted by Gasteiger charge is 2.18. The third-order valence-electron chi connectivity index (χ3n) is 5.09. The lowest BCUT2D eigenvalue weighted by Crippen LogP contribution is -2.39. The highest BCUT2D eigenvalue weighted by molar-refractivity contribution is 5.92. The molecular formula is C23H30N4O4. The standard InChI is InChI=1S/C23H30N4O4/c24-23(25)27-22(29)15-31-21-10-9-16-5-4-6-18(11-17(16)12-21)26-13-19(28)14-30-20-7-2-1-3-8-20/h1-3,7-10,12,18-19,26,28H,4-6,11,13-15H2,(H4,24,25,27,29)/t18?,19-/m0/s1. The number of benzene rings is 2. The Labute approximate surface area is 182 Å². The van der Waals surface area contributed by atoms with E-state index < -0.39 is 12.0 Å². The van der Waals surface area contributed by atoms with Crippen LogP contribution in [0.3, 0.4) is 0 Å². The minimum absolute atomic E-state index is 0.216. The molecule has 2 aromatic carbocycles. The van der Waals surface area contributed by atoms with Gasteiger partial charge in [-0.3, -0.25) is 4.79 Å². The zero-order chi connectivity index (χ0) is 22.1. The number of aryl methyl sites for hydroxylation is 1. The van der Waals surface area contributed by atoms with Crippen LogP contribution in [0.2, 0.25) is 0 Å². The number of carbonyl (C=O) groups is 1. The fourth-order valence-corrected chi connectivity index (χ4v) is 3.60. The normalized spacial score (nSPS) is 16.5. The van der Waals surface area contributed by atoms with Crippen LogP contribution in [-0.2, 0) is 17.6 Å². The topological polar surface area (TPSA) is 132 Å². The van der Waals surface area contributed by atoms with Gasteiger partial charge in [0.15, 0.2) is 12.6 Å². The Morgan fingerprint density at radius 2 is 1.94 bits per heavy atom. The fourth-order valence-electron chi connectivity index (χ4n) is 3.60. The number of aliphatic hydroxyl groups excluding tert-OH is 1. The van der Waals surface area contributed by atoms with Gasteiger partial charge >= 0.3 is 0 Å². The van der Waals surface area contributed by atoms with Gasteiger partial charge in [0.25, 0.3) is 5.91 Å². The summed E-state index contributed by atoms with van der Waals surface area (Å²) in [5.74, 6) is 0.549. The lowest BCUT2D eigenvalue weighted by Gasteiger charge is -2.20. The van der Waals surface area contributed by atoms with Crippen LogP contribution in [0.1, 0.15) is 24.0 Å². The van der Waals surface area contributed by atoms with E-state index in [2.05, 4.69) is 10.3 Å². The molecule has 0 heterocycles. The number of nitrogens with one attached hydrogen (secondary N) is 1. The number of carbonyl (C=O) groups excluding carboxylic acids is 1. The third kappa shape index (κ3) is 7.58. The summed E-state index contributed by atoms with van der Waals surface area (Å²) in [6.45, 7) is 0.476. The molecule has 0 aromatic heterocycles. The number of guanidine groups is 1. The van der Waals surface area contributed by atoms with E-state index in [9.17, 15) is 9.90 Å². The largest absolute Gasteiger partial charge is 0.491 e. The predicted octanol–water partition coefficient (Wildman–Crippen LogP) is 1.14. The van der Waals surface area contributed by atoms with Crippen molar-refractivity contribution in [1.82, 2.24) is 5.32 Å². The molecule has 6 N–H and O–H groups in total. The van der Waals surface area contributed by atoms with Crippen molar-refractivity contribution in [2.75, 3.05) is 19.8 Å². The van der Waals surface area contributed by atoms with E-state index in [-0.39, 0.29) is 25.2 Å². The number of nitrogens with zero attached hydrogens (tertiary/aromatic N) is 1. The molecule has 8 nitrogen and oxygen atoms in total. The number of aliphatic hydroxyl groups is 1. The molecule has 0 bridgehead atoms. The van der Waals surface area contributed by atoms with Crippen molar-refractivity contribution >= 4 is 11.9 Å². The second kappa shape index (κ2) is 11.3. The zero-order valence-electron chi connectivity index (χ0n) is 17.5. The highest BCUT2D eigenvalue weighted by Crippen LogP contribution is 2.25. The molecular weight excluding hydrogens is 396 g/mol. The first-order valence-corrected chi connectivity index (χ1v) is 10.5. The first-order chi connectivity index (χ1) is 15.0. The summed E-state index contributed by atoms with van der Waals surface area (Å²) in [5.41, 5.74) is 12.9. The Morgan fingerprint density at radius 1 is 1.13 bits per heavy atom. The summed E-state index contributed by atoms with van der Waals surface area (Å²) >= 11 is 0. The number of para-hydroxylation sites is 1. The molecule has 0 saturated carbocycles. The monoisotopic (exact) mass is 426 g/mol. The molecule has 166 valence electrons. The number of hydrogen-bond donors (Lipinski definition) is 4. The second-order valence-electron chi connectivity index (χ2n) is 7.63. The van der Waals surface area contributed by atoms with Gasteiger partial charge in [-0.05, 0) is 61.1 Å². The van der Waals surface area contributed by atoms with Crippen LogP contribution in [0.4, 0.5) is 0 Å². The quantitative estimate of drug-likeness (QED) is 0.269. The Hall–Kier alpha value is -3.10. The van der Waals surface area contributed by atoms with Crippen LogP contribution in [0.5, 0.6) is 11.5 Å². The van der Waals surface area contributed by atoms with Gasteiger partial charge in [0.2, 0.25) is 0 Å². The van der Waals surface area contributed by atoms with Gasteiger partial charge in [-0.25, -0.2) is 0 Å². The van der Waals surface area contributed by atoms with E-state index >= 15 is 0 Å². The van der Waals surface area contributed by atoms with E-state index in [0.717, 1.165) is 31.4 Å². The minimum Gasteiger partial charge on any atom is -0.491 e. The molecule has 1 aliphatic rings. The Morgan fingerprint density at radius 3 is 2.71 bits per heavy atom. The Bertz CT molecular complexity index is 884. The van der Waals surface area contributed by atoms with Crippen LogP contribution < -0.4 is 26.3 Å². The van der Waals surface area contributed by atoms with Crippen LogP contribution in [0.15, 0.2) is 53.5 Å². The number of ether oxygens (including phenoxy) is 2. The predicted molar refractivity (Wildman–Crippen MR) is 119 cm³/mol. The molecule has 0 aliphatic heterocycles. The van der Waals surface area contributed by atoms with Crippen molar-refractivity contribution in [3.63, 3.8) is 0 Å². The highest BCUT2D eigenvalue weighted by atomic mass is 16.5. The second-order valence-corrected chi connectivity index (χ2v) is 7.63. The maximum absolute atomic E-state index is 11.6. The van der Waals surface area contributed by atoms with E-state index in [1.54, 1.807) is 0 Å². The van der Waals surface area contributed by atoms with Gasteiger partial charge in [0.1, 0.15) is 24.2 Å². The summed E-state index contributed by atoms with van der Waals surface area (Å²) in [7, 11) is 0. The molecule has 2 aromatic rings. The lowest BCUT2D eigenvalue weighted by atomic mass is 10.0. The van der Waals surface area contributed by atoms with Gasteiger partial charge < -0.3 is 31.4 Å². The maximum atomic E-state index is 11.6. The summed E-state index contributed by atoms with van der Waals surface area (Å²) in [4.78, 5) is 15.0. The number of amides is 1. The lowest BCUT2D eigenvalue weighted by molar-refractivity contribution is -0.119. The average molecular weight is 427 g/mol. The number of rotatable bonds is 9. The van der Waals surface area contributed by atoms with Gasteiger partial charge in [-0.15, -0.1) is 0 Å². The van der Waals surface area contributed by atoms with Crippen molar-refractivity contribution < 1.29 is 19.4 Å². The van der Waals surface area contributed by atoms with E-state index in [4.69, 9.17) is 20.9 Å². The Kier molecular flexibility index (Phi) is 8.26. The molecule has 31 heavy (non-hydrogen) atoms. The fraction of sp³-hybridized carbons (Fsp3) is 0.391. The van der Waals surface area contributed by atoms with E-state index in [0.29, 0.717) is 12.3 Å². The summed E-state index contributed by atoms with van der Waals surface area (Å²) < 4.78 is 11.2.